The maximum absolute atomic E-state index is 4.51. The largest absolute Gasteiger partial charge is 0.314 e. The number of aryl methyl sites for hydroxylation is 2. The van der Waals surface area contributed by atoms with Crippen molar-refractivity contribution in [3.8, 4) is 0 Å². The van der Waals surface area contributed by atoms with E-state index < -0.39 is 0 Å². The molecule has 3 rings (SSSR count). The highest BCUT2D eigenvalue weighted by Gasteiger charge is 2.18. The third kappa shape index (κ3) is 4.93. The zero-order valence-electron chi connectivity index (χ0n) is 16.0. The minimum Gasteiger partial charge on any atom is -0.314 e. The lowest BCUT2D eigenvalue weighted by molar-refractivity contribution is 0.200. The van der Waals surface area contributed by atoms with Crippen molar-refractivity contribution in [2.24, 2.45) is 7.05 Å². The molecule has 1 fully saturated rings. The van der Waals surface area contributed by atoms with Crippen LogP contribution in [0.3, 0.4) is 0 Å². The lowest BCUT2D eigenvalue weighted by Gasteiger charge is -2.32. The van der Waals surface area contributed by atoms with Crippen LogP contribution in [0.5, 0.6) is 0 Å². The molecule has 2 aromatic rings. The Hall–Kier alpha value is -1.65. The van der Waals surface area contributed by atoms with Crippen LogP contribution in [0, 0.1) is 13.8 Å². The summed E-state index contributed by atoms with van der Waals surface area (Å²) in [6.07, 6.45) is 4.78. The molecule has 4 heteroatoms. The predicted octanol–water partition coefficient (Wildman–Crippen LogP) is 2.88. The first-order valence-corrected chi connectivity index (χ1v) is 9.62. The Morgan fingerprint density at radius 3 is 2.44 bits per heavy atom. The van der Waals surface area contributed by atoms with E-state index in [9.17, 15) is 0 Å². The molecule has 1 N–H and O–H groups in total. The monoisotopic (exact) mass is 340 g/mol. The molecule has 0 amide bonds. The van der Waals surface area contributed by atoms with Crippen molar-refractivity contribution in [3.63, 3.8) is 0 Å². The summed E-state index contributed by atoms with van der Waals surface area (Å²) in [5.41, 5.74) is 5.34. The van der Waals surface area contributed by atoms with Crippen LogP contribution in [-0.2, 0) is 19.9 Å². The molecule has 1 aliphatic rings. The van der Waals surface area contributed by atoms with Gasteiger partial charge in [-0.05, 0) is 70.3 Å². The maximum atomic E-state index is 4.51. The van der Waals surface area contributed by atoms with Crippen LogP contribution in [0.4, 0.5) is 0 Å². The number of aromatic nitrogens is 2. The Morgan fingerprint density at radius 2 is 1.80 bits per heavy atom. The van der Waals surface area contributed by atoms with E-state index in [4.69, 9.17) is 0 Å². The highest BCUT2D eigenvalue weighted by molar-refractivity contribution is 5.24. The number of piperidine rings is 1. The van der Waals surface area contributed by atoms with Gasteiger partial charge in [-0.3, -0.25) is 4.68 Å². The topological polar surface area (TPSA) is 33.1 Å². The molecule has 0 aliphatic carbocycles. The van der Waals surface area contributed by atoms with Crippen molar-refractivity contribution in [2.75, 3.05) is 26.2 Å². The number of hydrogen-bond acceptors (Lipinski definition) is 3. The lowest BCUT2D eigenvalue weighted by atomic mass is 10.0. The molecule has 1 aliphatic heterocycles. The first-order valence-electron chi connectivity index (χ1n) is 9.62. The average Bonchev–Trinajstić information content (AvgIpc) is 2.88. The standard InChI is InChI=1S/C21H32N4/c1-17-21(18(2)24(3)23-17)9-13-22-20-11-15-25(16-12-20)14-10-19-7-5-4-6-8-19/h4-8,20,22H,9-16H2,1-3H3. The fourth-order valence-corrected chi connectivity index (χ4v) is 3.87. The quantitative estimate of drug-likeness (QED) is 0.841. The van der Waals surface area contributed by atoms with Gasteiger partial charge in [-0.1, -0.05) is 30.3 Å². The molecule has 0 saturated carbocycles. The molecule has 0 bridgehead atoms. The third-order valence-electron chi connectivity index (χ3n) is 5.61. The first-order chi connectivity index (χ1) is 12.1. The molecule has 1 saturated heterocycles. The predicted molar refractivity (Wildman–Crippen MR) is 104 cm³/mol. The Labute approximate surface area is 152 Å². The number of hydrogen-bond donors (Lipinski definition) is 1. The van der Waals surface area contributed by atoms with Gasteiger partial charge in [0, 0.05) is 25.3 Å². The van der Waals surface area contributed by atoms with E-state index in [0.29, 0.717) is 6.04 Å². The molecule has 4 nitrogen and oxygen atoms in total. The van der Waals surface area contributed by atoms with Gasteiger partial charge in [0.1, 0.15) is 0 Å². The molecule has 1 aromatic heterocycles. The van der Waals surface area contributed by atoms with E-state index in [2.05, 4.69) is 59.5 Å². The third-order valence-corrected chi connectivity index (χ3v) is 5.61. The van der Waals surface area contributed by atoms with Crippen molar-refractivity contribution in [3.05, 3.63) is 52.8 Å². The van der Waals surface area contributed by atoms with Gasteiger partial charge < -0.3 is 10.2 Å². The Bertz CT molecular complexity index is 654. The van der Waals surface area contributed by atoms with Gasteiger partial charge in [-0.25, -0.2) is 0 Å². The van der Waals surface area contributed by atoms with Crippen LogP contribution in [0.15, 0.2) is 30.3 Å². The number of nitrogens with one attached hydrogen (secondary N) is 1. The Kier molecular flexibility index (Phi) is 6.27. The summed E-state index contributed by atoms with van der Waals surface area (Å²) in [7, 11) is 2.03. The van der Waals surface area contributed by atoms with Crippen molar-refractivity contribution >= 4 is 0 Å². The summed E-state index contributed by atoms with van der Waals surface area (Å²) in [4.78, 5) is 2.61. The van der Waals surface area contributed by atoms with Crippen LogP contribution >= 0.6 is 0 Å². The molecule has 0 atom stereocenters. The van der Waals surface area contributed by atoms with E-state index in [1.165, 1.54) is 61.4 Å². The Morgan fingerprint density at radius 1 is 1.08 bits per heavy atom. The molecular formula is C21H32N4. The number of likely N-dealkylation sites (tertiary alicyclic amines) is 1. The fraction of sp³-hybridized carbons (Fsp3) is 0.571. The second-order valence-electron chi connectivity index (χ2n) is 7.33. The number of rotatable bonds is 7. The smallest absolute Gasteiger partial charge is 0.0628 e. The molecule has 25 heavy (non-hydrogen) atoms. The molecule has 0 radical (unpaired) electrons. The van der Waals surface area contributed by atoms with E-state index >= 15 is 0 Å². The van der Waals surface area contributed by atoms with Crippen LogP contribution < -0.4 is 5.32 Å². The SMILES string of the molecule is Cc1nn(C)c(C)c1CCNC1CCN(CCc2ccccc2)CC1. The summed E-state index contributed by atoms with van der Waals surface area (Å²) >= 11 is 0. The maximum Gasteiger partial charge on any atom is 0.0628 e. The summed E-state index contributed by atoms with van der Waals surface area (Å²) in [6.45, 7) is 8.96. The second-order valence-corrected chi connectivity index (χ2v) is 7.33. The highest BCUT2D eigenvalue weighted by Crippen LogP contribution is 2.14. The van der Waals surface area contributed by atoms with Gasteiger partial charge >= 0.3 is 0 Å². The first kappa shape index (κ1) is 18.2. The van der Waals surface area contributed by atoms with Gasteiger partial charge in [0.25, 0.3) is 0 Å². The molecule has 0 unspecified atom stereocenters. The number of nitrogens with zero attached hydrogens (tertiary/aromatic N) is 3. The highest BCUT2D eigenvalue weighted by atomic mass is 15.3. The molecule has 1 aromatic carbocycles. The minimum atomic E-state index is 0.672. The second kappa shape index (κ2) is 8.63. The van der Waals surface area contributed by atoms with E-state index in [0.717, 1.165) is 13.0 Å². The van der Waals surface area contributed by atoms with Crippen LogP contribution in [0.1, 0.15) is 35.4 Å². The van der Waals surface area contributed by atoms with E-state index in [-0.39, 0.29) is 0 Å². The van der Waals surface area contributed by atoms with Gasteiger partial charge in [0.05, 0.1) is 5.69 Å². The van der Waals surface area contributed by atoms with Crippen LogP contribution in [0.25, 0.3) is 0 Å². The van der Waals surface area contributed by atoms with Gasteiger partial charge in [0.2, 0.25) is 0 Å². The zero-order valence-corrected chi connectivity index (χ0v) is 16.0. The van der Waals surface area contributed by atoms with Crippen LogP contribution in [-0.4, -0.2) is 46.9 Å². The van der Waals surface area contributed by atoms with E-state index in [1.54, 1.807) is 0 Å². The average molecular weight is 341 g/mol. The van der Waals surface area contributed by atoms with Gasteiger partial charge in [-0.15, -0.1) is 0 Å². The molecule has 2 heterocycles. The minimum absolute atomic E-state index is 0.672. The lowest BCUT2D eigenvalue weighted by Crippen LogP contribution is -2.43. The van der Waals surface area contributed by atoms with Crippen molar-refractivity contribution in [2.45, 2.75) is 45.6 Å². The van der Waals surface area contributed by atoms with Gasteiger partial charge in [-0.2, -0.15) is 5.10 Å². The van der Waals surface area contributed by atoms with E-state index in [1.807, 2.05) is 11.7 Å². The normalized spacial score (nSPS) is 16.4. The Balaban J connectivity index is 1.35. The summed E-state index contributed by atoms with van der Waals surface area (Å²) in [5, 5.41) is 8.28. The van der Waals surface area contributed by atoms with Gasteiger partial charge in [0.15, 0.2) is 0 Å². The zero-order chi connectivity index (χ0) is 17.6. The van der Waals surface area contributed by atoms with Crippen LogP contribution in [0.2, 0.25) is 0 Å². The fourth-order valence-electron chi connectivity index (χ4n) is 3.87. The summed E-state index contributed by atoms with van der Waals surface area (Å²) < 4.78 is 2.00. The molecule has 0 spiro atoms. The van der Waals surface area contributed by atoms with Crippen molar-refractivity contribution in [1.29, 1.82) is 0 Å². The number of benzene rings is 1. The molecular weight excluding hydrogens is 308 g/mol. The van der Waals surface area contributed by atoms with Crippen molar-refractivity contribution < 1.29 is 0 Å². The summed E-state index contributed by atoms with van der Waals surface area (Å²) in [5.74, 6) is 0. The molecule has 136 valence electrons. The van der Waals surface area contributed by atoms with Crippen molar-refractivity contribution in [1.82, 2.24) is 20.0 Å². The summed E-state index contributed by atoms with van der Waals surface area (Å²) in [6, 6.07) is 11.5.